The van der Waals surface area contributed by atoms with Crippen LogP contribution in [0.25, 0.3) is 10.9 Å². The first-order valence-electron chi connectivity index (χ1n) is 8.14. The number of hydrazine groups is 1. The van der Waals surface area contributed by atoms with Crippen molar-refractivity contribution < 1.29 is 9.59 Å². The standard InChI is InChI=1S/C16H19ClN6O2/c1-18-16(25)14-11-7(6-10(24)19-15(11)21-20-14)13-12-8(17)4-3-5-9(12)23(2)22-13/h3-5,7,11,14-15,20-21H,6H2,1-2H3,(H,18,25)(H,19,24). The van der Waals surface area contributed by atoms with Gasteiger partial charge in [-0.3, -0.25) is 14.3 Å². The summed E-state index contributed by atoms with van der Waals surface area (Å²) < 4.78 is 1.77. The smallest absolute Gasteiger partial charge is 0.238 e. The van der Waals surface area contributed by atoms with E-state index in [0.717, 1.165) is 16.6 Å². The first-order valence-corrected chi connectivity index (χ1v) is 8.52. The number of aromatic nitrogens is 2. The summed E-state index contributed by atoms with van der Waals surface area (Å²) >= 11 is 6.44. The lowest BCUT2D eigenvalue weighted by molar-refractivity contribution is -0.128. The van der Waals surface area contributed by atoms with Crippen LogP contribution < -0.4 is 21.5 Å². The van der Waals surface area contributed by atoms with Gasteiger partial charge < -0.3 is 10.6 Å². The fourth-order valence-electron chi connectivity index (χ4n) is 3.97. The van der Waals surface area contributed by atoms with E-state index in [4.69, 9.17) is 11.6 Å². The average molecular weight is 363 g/mol. The van der Waals surface area contributed by atoms with Crippen LogP contribution in [-0.2, 0) is 16.6 Å². The number of hydrogen-bond acceptors (Lipinski definition) is 5. The summed E-state index contributed by atoms with van der Waals surface area (Å²) in [6.45, 7) is 0. The molecule has 2 amide bonds. The third kappa shape index (κ3) is 2.48. The minimum Gasteiger partial charge on any atom is -0.358 e. The van der Waals surface area contributed by atoms with E-state index >= 15 is 0 Å². The Morgan fingerprint density at radius 1 is 1.40 bits per heavy atom. The molecule has 25 heavy (non-hydrogen) atoms. The zero-order valence-electron chi connectivity index (χ0n) is 13.8. The van der Waals surface area contributed by atoms with Gasteiger partial charge in [-0.1, -0.05) is 17.7 Å². The lowest BCUT2D eigenvalue weighted by Gasteiger charge is -2.34. The molecule has 4 unspecified atom stereocenters. The van der Waals surface area contributed by atoms with E-state index in [0.29, 0.717) is 5.02 Å². The highest BCUT2D eigenvalue weighted by atomic mass is 35.5. The van der Waals surface area contributed by atoms with Gasteiger partial charge >= 0.3 is 0 Å². The number of nitrogens with one attached hydrogen (secondary N) is 4. The largest absolute Gasteiger partial charge is 0.358 e. The molecule has 9 heteroatoms. The van der Waals surface area contributed by atoms with Crippen molar-refractivity contribution in [3.05, 3.63) is 28.9 Å². The first kappa shape index (κ1) is 16.3. The molecule has 3 heterocycles. The summed E-state index contributed by atoms with van der Waals surface area (Å²) in [5.74, 6) is -0.615. The highest BCUT2D eigenvalue weighted by Gasteiger charge is 2.50. The lowest BCUT2D eigenvalue weighted by atomic mass is 9.77. The van der Waals surface area contributed by atoms with Crippen molar-refractivity contribution in [3.63, 3.8) is 0 Å². The monoisotopic (exact) mass is 362 g/mol. The van der Waals surface area contributed by atoms with Gasteiger partial charge in [-0.2, -0.15) is 5.10 Å². The van der Waals surface area contributed by atoms with Gasteiger partial charge in [0.15, 0.2) is 0 Å². The number of rotatable bonds is 2. The zero-order valence-corrected chi connectivity index (χ0v) is 14.6. The van der Waals surface area contributed by atoms with Crippen LogP contribution in [0.3, 0.4) is 0 Å². The number of aryl methyl sites for hydroxylation is 1. The molecular formula is C16H19ClN6O2. The summed E-state index contributed by atoms with van der Waals surface area (Å²) in [5, 5.41) is 11.7. The maximum Gasteiger partial charge on any atom is 0.238 e. The molecule has 2 saturated heterocycles. The average Bonchev–Trinajstić information content (AvgIpc) is 3.16. The van der Waals surface area contributed by atoms with Crippen molar-refractivity contribution in [3.8, 4) is 0 Å². The molecule has 0 bridgehead atoms. The van der Waals surface area contributed by atoms with Crippen LogP contribution in [-0.4, -0.2) is 40.9 Å². The Kier molecular flexibility index (Phi) is 3.90. The Bertz CT molecular complexity index is 866. The molecule has 132 valence electrons. The number of carbonyl (C=O) groups excluding carboxylic acids is 2. The van der Waals surface area contributed by atoms with Crippen LogP contribution in [0.4, 0.5) is 0 Å². The van der Waals surface area contributed by atoms with Gasteiger partial charge in [-0.25, -0.2) is 10.9 Å². The minimum atomic E-state index is -0.472. The summed E-state index contributed by atoms with van der Waals surface area (Å²) in [4.78, 5) is 24.5. The van der Waals surface area contributed by atoms with Crippen LogP contribution in [0.15, 0.2) is 18.2 Å². The summed E-state index contributed by atoms with van der Waals surface area (Å²) in [6, 6.07) is 5.16. The number of likely N-dealkylation sites (N-methyl/N-ethyl adjacent to an activating group) is 1. The van der Waals surface area contributed by atoms with Gasteiger partial charge in [0.1, 0.15) is 6.04 Å². The van der Waals surface area contributed by atoms with E-state index in [1.54, 1.807) is 11.7 Å². The van der Waals surface area contributed by atoms with Gasteiger partial charge in [-0.15, -0.1) is 0 Å². The highest BCUT2D eigenvalue weighted by Crippen LogP contribution is 2.41. The number of fused-ring (bicyclic) bond motifs is 2. The fraction of sp³-hybridized carbons (Fsp3) is 0.438. The van der Waals surface area contributed by atoms with Crippen molar-refractivity contribution in [2.45, 2.75) is 24.5 Å². The Hall–Kier alpha value is -2.16. The third-order valence-corrected chi connectivity index (χ3v) is 5.40. The Labute approximate surface area is 149 Å². The Balaban J connectivity index is 1.85. The van der Waals surface area contributed by atoms with Gasteiger partial charge in [0.25, 0.3) is 0 Å². The molecule has 1 aromatic carbocycles. The number of benzene rings is 1. The van der Waals surface area contributed by atoms with E-state index in [1.165, 1.54) is 0 Å². The van der Waals surface area contributed by atoms with Crippen LogP contribution in [0, 0.1) is 5.92 Å². The lowest BCUT2D eigenvalue weighted by Crippen LogP contribution is -2.53. The molecule has 2 fully saturated rings. The molecule has 4 atom stereocenters. The van der Waals surface area contributed by atoms with E-state index in [-0.39, 0.29) is 36.2 Å². The van der Waals surface area contributed by atoms with E-state index < -0.39 is 6.04 Å². The topological polar surface area (TPSA) is 100 Å². The van der Waals surface area contributed by atoms with Gasteiger partial charge in [0.2, 0.25) is 11.8 Å². The molecule has 4 rings (SSSR count). The molecule has 2 aromatic rings. The first-order chi connectivity index (χ1) is 12.0. The second-order valence-corrected chi connectivity index (χ2v) is 6.86. The number of amides is 2. The summed E-state index contributed by atoms with van der Waals surface area (Å²) in [7, 11) is 3.45. The van der Waals surface area contributed by atoms with Crippen LogP contribution in [0.5, 0.6) is 0 Å². The van der Waals surface area contributed by atoms with Crippen LogP contribution >= 0.6 is 11.6 Å². The summed E-state index contributed by atoms with van der Waals surface area (Å²) in [5.41, 5.74) is 7.67. The SMILES string of the molecule is CNC(=O)C1NNC2NC(=O)CC(c3nn(C)c4cccc(Cl)c34)C21. The van der Waals surface area contributed by atoms with Gasteiger partial charge in [0, 0.05) is 37.7 Å². The van der Waals surface area contributed by atoms with Gasteiger partial charge in [0.05, 0.1) is 22.4 Å². The maximum absolute atomic E-state index is 12.3. The maximum atomic E-state index is 12.3. The van der Waals surface area contributed by atoms with E-state index in [1.807, 2.05) is 25.2 Å². The van der Waals surface area contributed by atoms with Crippen molar-refractivity contribution >= 4 is 34.3 Å². The van der Waals surface area contributed by atoms with E-state index in [2.05, 4.69) is 26.6 Å². The van der Waals surface area contributed by atoms with Crippen LogP contribution in [0.2, 0.25) is 5.02 Å². The zero-order chi connectivity index (χ0) is 17.7. The van der Waals surface area contributed by atoms with Crippen molar-refractivity contribution in [2.24, 2.45) is 13.0 Å². The summed E-state index contributed by atoms with van der Waals surface area (Å²) in [6.07, 6.45) is -0.0804. The molecule has 2 aliphatic heterocycles. The molecule has 8 nitrogen and oxygen atoms in total. The third-order valence-electron chi connectivity index (χ3n) is 5.08. The van der Waals surface area contributed by atoms with E-state index in [9.17, 15) is 9.59 Å². The fourth-order valence-corrected chi connectivity index (χ4v) is 4.23. The molecule has 4 N–H and O–H groups in total. The highest BCUT2D eigenvalue weighted by molar-refractivity contribution is 6.35. The van der Waals surface area contributed by atoms with Gasteiger partial charge in [-0.05, 0) is 12.1 Å². The Morgan fingerprint density at radius 3 is 2.96 bits per heavy atom. The Morgan fingerprint density at radius 2 is 2.20 bits per heavy atom. The predicted octanol–water partition coefficient (Wildman–Crippen LogP) is -0.00510. The normalized spacial score (nSPS) is 28.7. The molecule has 0 aliphatic carbocycles. The molecular weight excluding hydrogens is 344 g/mol. The predicted molar refractivity (Wildman–Crippen MR) is 92.6 cm³/mol. The molecule has 2 aliphatic rings. The molecule has 0 saturated carbocycles. The number of carbonyl (C=O) groups is 2. The second kappa shape index (κ2) is 5.98. The van der Waals surface area contributed by atoms with Crippen LogP contribution in [0.1, 0.15) is 18.0 Å². The second-order valence-electron chi connectivity index (χ2n) is 6.46. The van der Waals surface area contributed by atoms with Crippen molar-refractivity contribution in [2.75, 3.05) is 7.05 Å². The quantitative estimate of drug-likeness (QED) is 0.602. The van der Waals surface area contributed by atoms with Crippen molar-refractivity contribution in [1.82, 2.24) is 31.3 Å². The number of nitrogens with zero attached hydrogens (tertiary/aromatic N) is 2. The number of hydrogen-bond donors (Lipinski definition) is 4. The number of piperidine rings is 1. The molecule has 0 radical (unpaired) electrons. The molecule has 0 spiro atoms. The minimum absolute atomic E-state index is 0.0797. The van der Waals surface area contributed by atoms with Crippen molar-refractivity contribution in [1.29, 1.82) is 0 Å². The number of halogens is 1. The molecule has 1 aromatic heterocycles.